The smallest absolute Gasteiger partial charge is 0.243 e. The number of H-pyrrole nitrogens is 1. The van der Waals surface area contributed by atoms with E-state index >= 15 is 0 Å². The maximum Gasteiger partial charge on any atom is 0.243 e. The number of aromatic amines is 1. The van der Waals surface area contributed by atoms with Crippen molar-refractivity contribution in [3.8, 4) is 5.75 Å². The molecular formula is C23H26N2O3S. The number of hydrogen-bond acceptors (Lipinski definition) is 3. The van der Waals surface area contributed by atoms with Crippen molar-refractivity contribution in [2.24, 2.45) is 0 Å². The lowest BCUT2D eigenvalue weighted by atomic mass is 10.1. The third-order valence-corrected chi connectivity index (χ3v) is 7.27. The Morgan fingerprint density at radius 1 is 1.14 bits per heavy atom. The van der Waals surface area contributed by atoms with Crippen LogP contribution in [0.15, 0.2) is 65.2 Å². The van der Waals surface area contributed by atoms with Crippen LogP contribution in [0.25, 0.3) is 10.9 Å². The number of allylic oxidation sites excluding steroid dienone is 1. The van der Waals surface area contributed by atoms with E-state index in [4.69, 9.17) is 4.74 Å². The first kappa shape index (κ1) is 19.7. The quantitative estimate of drug-likeness (QED) is 0.559. The first-order valence-corrected chi connectivity index (χ1v) is 11.3. The van der Waals surface area contributed by atoms with Crippen LogP contribution in [0.2, 0.25) is 0 Å². The summed E-state index contributed by atoms with van der Waals surface area (Å²) in [5.74, 6) is 0.793. The molecule has 0 aliphatic heterocycles. The van der Waals surface area contributed by atoms with Crippen LogP contribution in [-0.2, 0) is 16.4 Å². The number of rotatable bonds is 8. The van der Waals surface area contributed by atoms with Gasteiger partial charge in [0, 0.05) is 30.2 Å². The van der Waals surface area contributed by atoms with Gasteiger partial charge in [0.05, 0.1) is 12.0 Å². The summed E-state index contributed by atoms with van der Waals surface area (Å²) in [7, 11) is -1.90. The van der Waals surface area contributed by atoms with Crippen LogP contribution in [0.5, 0.6) is 5.75 Å². The van der Waals surface area contributed by atoms with Crippen molar-refractivity contribution >= 4 is 20.9 Å². The lowest BCUT2D eigenvalue weighted by molar-refractivity contribution is 0.415. The summed E-state index contributed by atoms with van der Waals surface area (Å²) in [6.45, 7) is 2.79. The van der Waals surface area contributed by atoms with Crippen LogP contribution in [0, 0.1) is 6.92 Å². The van der Waals surface area contributed by atoms with E-state index in [-0.39, 0.29) is 0 Å². The van der Waals surface area contributed by atoms with Gasteiger partial charge in [-0.25, -0.2) is 8.42 Å². The molecule has 0 bridgehead atoms. The predicted octanol–water partition coefficient (Wildman–Crippen LogP) is 4.44. The van der Waals surface area contributed by atoms with Gasteiger partial charge in [-0.05, 0) is 62.1 Å². The van der Waals surface area contributed by atoms with E-state index in [9.17, 15) is 8.42 Å². The molecule has 0 amide bonds. The van der Waals surface area contributed by atoms with Crippen molar-refractivity contribution in [2.45, 2.75) is 31.1 Å². The van der Waals surface area contributed by atoms with Crippen molar-refractivity contribution in [1.82, 2.24) is 9.29 Å². The van der Waals surface area contributed by atoms with E-state index in [0.29, 0.717) is 24.4 Å². The fourth-order valence-electron chi connectivity index (χ4n) is 3.41. The molecule has 0 radical (unpaired) electrons. The van der Waals surface area contributed by atoms with E-state index in [1.807, 2.05) is 43.5 Å². The number of benzene rings is 2. The van der Waals surface area contributed by atoms with Crippen LogP contribution < -0.4 is 4.74 Å². The van der Waals surface area contributed by atoms with Crippen LogP contribution >= 0.6 is 0 Å². The number of nitrogens with zero attached hydrogens (tertiary/aromatic N) is 1. The molecule has 152 valence electrons. The Kier molecular flexibility index (Phi) is 5.48. The van der Waals surface area contributed by atoms with Gasteiger partial charge in [-0.3, -0.25) is 0 Å². The molecule has 2 aromatic carbocycles. The minimum atomic E-state index is -3.55. The van der Waals surface area contributed by atoms with Crippen molar-refractivity contribution in [3.05, 3.63) is 71.4 Å². The van der Waals surface area contributed by atoms with Gasteiger partial charge in [-0.15, -0.1) is 0 Å². The summed E-state index contributed by atoms with van der Waals surface area (Å²) in [6, 6.07) is 13.0. The molecule has 1 aromatic heterocycles. The Hall–Kier alpha value is -2.57. The SMILES string of the molecule is COc1ccc2[nH]cc(CCN(CC=C3CC3)S(=O)(=O)c3ccc(C)cc3)c2c1. The summed E-state index contributed by atoms with van der Waals surface area (Å²) < 4.78 is 33.5. The Balaban J connectivity index is 1.59. The molecule has 1 saturated carbocycles. The van der Waals surface area contributed by atoms with Gasteiger partial charge in [0.1, 0.15) is 5.75 Å². The molecule has 29 heavy (non-hydrogen) atoms. The van der Waals surface area contributed by atoms with E-state index in [0.717, 1.165) is 40.6 Å². The fourth-order valence-corrected chi connectivity index (χ4v) is 4.79. The molecule has 1 heterocycles. The Bertz CT molecular complexity index is 1140. The number of nitrogens with one attached hydrogen (secondary N) is 1. The Morgan fingerprint density at radius 3 is 2.59 bits per heavy atom. The molecule has 5 nitrogen and oxygen atoms in total. The van der Waals surface area contributed by atoms with Crippen LogP contribution in [0.1, 0.15) is 24.0 Å². The number of methoxy groups -OCH3 is 1. The average Bonchev–Trinajstić information content (AvgIpc) is 3.46. The zero-order valence-electron chi connectivity index (χ0n) is 16.8. The Labute approximate surface area is 172 Å². The highest BCUT2D eigenvalue weighted by Gasteiger charge is 2.24. The first-order chi connectivity index (χ1) is 14.0. The van der Waals surface area contributed by atoms with E-state index in [1.54, 1.807) is 23.5 Å². The van der Waals surface area contributed by atoms with E-state index in [2.05, 4.69) is 11.1 Å². The highest BCUT2D eigenvalue weighted by molar-refractivity contribution is 7.89. The van der Waals surface area contributed by atoms with E-state index < -0.39 is 10.0 Å². The maximum atomic E-state index is 13.3. The highest BCUT2D eigenvalue weighted by Crippen LogP contribution is 2.28. The molecule has 0 unspecified atom stereocenters. The van der Waals surface area contributed by atoms with Crippen molar-refractivity contribution in [3.63, 3.8) is 0 Å². The topological polar surface area (TPSA) is 62.4 Å². The molecule has 1 N–H and O–H groups in total. The van der Waals surface area contributed by atoms with Crippen LogP contribution in [0.3, 0.4) is 0 Å². The molecule has 1 fully saturated rings. The van der Waals surface area contributed by atoms with Gasteiger partial charge in [0.2, 0.25) is 10.0 Å². The summed E-state index contributed by atoms with van der Waals surface area (Å²) in [5.41, 5.74) is 4.49. The van der Waals surface area contributed by atoms with Crippen molar-refractivity contribution in [2.75, 3.05) is 20.2 Å². The largest absolute Gasteiger partial charge is 0.497 e. The average molecular weight is 411 g/mol. The normalized spacial score (nSPS) is 13.8. The second kappa shape index (κ2) is 8.05. The maximum absolute atomic E-state index is 13.3. The van der Waals surface area contributed by atoms with Crippen LogP contribution in [0.4, 0.5) is 0 Å². The third-order valence-electron chi connectivity index (χ3n) is 5.39. The number of ether oxygens (including phenoxy) is 1. The predicted molar refractivity (Wildman–Crippen MR) is 116 cm³/mol. The van der Waals surface area contributed by atoms with Gasteiger partial charge >= 0.3 is 0 Å². The van der Waals surface area contributed by atoms with Gasteiger partial charge in [0.25, 0.3) is 0 Å². The molecule has 4 rings (SSSR count). The number of fused-ring (bicyclic) bond motifs is 1. The molecule has 0 saturated heterocycles. The summed E-state index contributed by atoms with van der Waals surface area (Å²) >= 11 is 0. The number of aromatic nitrogens is 1. The van der Waals surface area contributed by atoms with Gasteiger partial charge in [-0.2, -0.15) is 4.31 Å². The minimum absolute atomic E-state index is 0.345. The van der Waals surface area contributed by atoms with Gasteiger partial charge in [0.15, 0.2) is 0 Å². The first-order valence-electron chi connectivity index (χ1n) is 9.86. The lowest BCUT2D eigenvalue weighted by Crippen LogP contribution is -2.33. The number of hydrogen-bond donors (Lipinski definition) is 1. The van der Waals surface area contributed by atoms with Crippen molar-refractivity contribution < 1.29 is 13.2 Å². The van der Waals surface area contributed by atoms with E-state index in [1.165, 1.54) is 5.57 Å². The molecule has 3 aromatic rings. The fraction of sp³-hybridized carbons (Fsp3) is 0.304. The molecule has 1 aliphatic carbocycles. The number of aryl methyl sites for hydroxylation is 1. The standard InChI is InChI=1S/C23H26N2O3S/c1-17-3-8-21(9-4-17)29(26,27)25(13-11-18-5-6-18)14-12-19-16-24-23-10-7-20(28-2)15-22(19)23/h3-4,7-11,15-16,24H,5-6,12-14H2,1-2H3. The molecule has 0 spiro atoms. The minimum Gasteiger partial charge on any atom is -0.497 e. The summed E-state index contributed by atoms with van der Waals surface area (Å²) in [6.07, 6.45) is 6.81. The van der Waals surface area contributed by atoms with Gasteiger partial charge < -0.3 is 9.72 Å². The highest BCUT2D eigenvalue weighted by atomic mass is 32.2. The summed E-state index contributed by atoms with van der Waals surface area (Å²) in [4.78, 5) is 3.61. The summed E-state index contributed by atoms with van der Waals surface area (Å²) in [5, 5.41) is 1.07. The van der Waals surface area contributed by atoms with Crippen LogP contribution in [-0.4, -0.2) is 37.9 Å². The second-order valence-corrected chi connectivity index (χ2v) is 9.45. The lowest BCUT2D eigenvalue weighted by Gasteiger charge is -2.21. The molecule has 6 heteroatoms. The van der Waals surface area contributed by atoms with Gasteiger partial charge in [-0.1, -0.05) is 29.3 Å². The zero-order valence-corrected chi connectivity index (χ0v) is 17.6. The third kappa shape index (κ3) is 4.38. The number of sulfonamides is 1. The zero-order chi connectivity index (χ0) is 20.4. The molecule has 1 aliphatic rings. The molecule has 0 atom stereocenters. The Morgan fingerprint density at radius 2 is 1.90 bits per heavy atom. The molecular weight excluding hydrogens is 384 g/mol. The second-order valence-electron chi connectivity index (χ2n) is 7.51. The monoisotopic (exact) mass is 410 g/mol. The van der Waals surface area contributed by atoms with Crippen molar-refractivity contribution in [1.29, 1.82) is 0 Å².